The predicted molar refractivity (Wildman–Crippen MR) is 147 cm³/mol. The third kappa shape index (κ3) is 8.86. The molecule has 1 unspecified atom stereocenters. The van der Waals surface area contributed by atoms with E-state index in [9.17, 15) is 0 Å². The Labute approximate surface area is 205 Å². The molecule has 3 nitrogen and oxygen atoms in total. The van der Waals surface area contributed by atoms with Crippen molar-refractivity contribution in [1.29, 1.82) is 0 Å². The van der Waals surface area contributed by atoms with Gasteiger partial charge in [0.2, 0.25) is 0 Å². The molecule has 0 aliphatic rings. The Morgan fingerprint density at radius 1 is 0.676 bits per heavy atom. The van der Waals surface area contributed by atoms with E-state index in [4.69, 9.17) is 13.0 Å². The second-order valence-electron chi connectivity index (χ2n) is 7.43. The average molecular weight is 505 g/mol. The van der Waals surface area contributed by atoms with Gasteiger partial charge in [0.05, 0.1) is 24.4 Å². The van der Waals surface area contributed by atoms with E-state index in [1.165, 1.54) is 21.7 Å². The van der Waals surface area contributed by atoms with Gasteiger partial charge in [-0.2, -0.15) is 0 Å². The van der Waals surface area contributed by atoms with Crippen LogP contribution in [0.25, 0.3) is 0 Å². The Kier molecular flexibility index (Phi) is 10.0. The van der Waals surface area contributed by atoms with Crippen molar-refractivity contribution < 1.29 is 13.0 Å². The Bertz CT molecular complexity index is 1220. The highest BCUT2D eigenvalue weighted by molar-refractivity contribution is 7.84. The summed E-state index contributed by atoms with van der Waals surface area (Å²) in [5.74, 6) is 0. The van der Waals surface area contributed by atoms with Crippen molar-refractivity contribution in [3.63, 3.8) is 0 Å². The van der Waals surface area contributed by atoms with Gasteiger partial charge in [0, 0.05) is 14.2 Å². The molecule has 0 saturated carbocycles. The molecule has 0 fully saturated rings. The van der Waals surface area contributed by atoms with Gasteiger partial charge in [0.15, 0.2) is 0 Å². The fourth-order valence-corrected chi connectivity index (χ4v) is 6.63. The summed E-state index contributed by atoms with van der Waals surface area (Å²) in [7, 11) is -4.65. The predicted octanol–water partition coefficient (Wildman–Crippen LogP) is 5.40. The lowest BCUT2D eigenvalue weighted by molar-refractivity contribution is 0.470. The van der Waals surface area contributed by atoms with Crippen LogP contribution in [0.1, 0.15) is 16.8 Å². The molecular formula is C28H26O3P2S. The Morgan fingerprint density at radius 2 is 1.00 bits per heavy atom. The molecule has 0 spiro atoms. The van der Waals surface area contributed by atoms with Gasteiger partial charge in [-0.05, 0) is 27.4 Å². The average Bonchev–Trinajstić information content (AvgIpc) is 2.85. The van der Waals surface area contributed by atoms with Crippen LogP contribution < -0.4 is 10.6 Å². The van der Waals surface area contributed by atoms with Gasteiger partial charge in [-0.15, -0.1) is 0 Å². The fraction of sp³-hybridized carbons (Fsp3) is 0.0714. The lowest BCUT2D eigenvalue weighted by Gasteiger charge is -2.12. The second kappa shape index (κ2) is 13.2. The molecule has 4 aromatic rings. The molecule has 34 heavy (non-hydrogen) atoms. The topological polar surface area (TPSA) is 57.2 Å². The summed E-state index contributed by atoms with van der Waals surface area (Å²) < 4.78 is 27.2. The molecule has 4 aromatic carbocycles. The highest BCUT2D eigenvalue weighted by atomic mass is 32.2. The number of hydrogen-bond acceptors (Lipinski definition) is 3. The minimum Gasteiger partial charge on any atom is -0.748 e. The number of rotatable bonds is 5. The second-order valence-corrected chi connectivity index (χ2v) is 12.1. The Morgan fingerprint density at radius 3 is 1.35 bits per heavy atom. The maximum atomic E-state index is 9.08. The van der Waals surface area contributed by atoms with E-state index in [-0.39, 0.29) is 8.58 Å². The summed E-state index contributed by atoms with van der Waals surface area (Å²) in [6.07, 6.45) is 0.604. The van der Waals surface area contributed by atoms with E-state index in [1.54, 1.807) is 0 Å². The summed E-state index contributed by atoms with van der Waals surface area (Å²) in [5.41, 5.74) is 10.4. The van der Waals surface area contributed by atoms with E-state index in [1.807, 2.05) is 0 Å². The Balaban J connectivity index is 0.000000588. The smallest absolute Gasteiger partial charge is 0.127 e. The molecule has 4 rings (SSSR count). The van der Waals surface area contributed by atoms with Crippen LogP contribution in [0.15, 0.2) is 121 Å². The summed E-state index contributed by atoms with van der Waals surface area (Å²) in [5, 5.41) is 2.63. The van der Waals surface area contributed by atoms with Crippen molar-refractivity contribution in [2.75, 3.05) is 6.26 Å². The molecule has 6 heteroatoms. The van der Waals surface area contributed by atoms with E-state index in [2.05, 4.69) is 133 Å². The van der Waals surface area contributed by atoms with E-state index in [0.717, 1.165) is 0 Å². The SMILES string of the molecule is C(#CP(c1ccccc1)c1ccccc1)[PH2+]C(c1ccccc1)c1ccccc1.CS(=O)(=O)[O-]. The third-order valence-electron chi connectivity index (χ3n) is 4.77. The van der Waals surface area contributed by atoms with Gasteiger partial charge in [-0.3, -0.25) is 0 Å². The molecule has 0 bridgehead atoms. The molecule has 172 valence electrons. The summed E-state index contributed by atoms with van der Waals surface area (Å²) in [6.45, 7) is 0. The Hall–Kier alpha value is -2.79. The van der Waals surface area contributed by atoms with Crippen molar-refractivity contribution in [3.05, 3.63) is 132 Å². The van der Waals surface area contributed by atoms with Crippen LogP contribution in [0.4, 0.5) is 0 Å². The molecule has 0 N–H and O–H groups in total. The summed E-state index contributed by atoms with van der Waals surface area (Å²) in [4.78, 5) is 0. The van der Waals surface area contributed by atoms with Crippen molar-refractivity contribution >= 4 is 37.2 Å². The molecule has 0 aliphatic carbocycles. The maximum absolute atomic E-state index is 9.08. The first-order valence-electron chi connectivity index (χ1n) is 10.7. The maximum Gasteiger partial charge on any atom is 0.127 e. The van der Waals surface area contributed by atoms with Crippen LogP contribution in [-0.4, -0.2) is 19.2 Å². The quantitative estimate of drug-likeness (QED) is 0.208. The molecular weight excluding hydrogens is 478 g/mol. The normalized spacial score (nSPS) is 11.1. The molecule has 0 aromatic heterocycles. The third-order valence-corrected chi connectivity index (χ3v) is 8.41. The molecule has 0 amide bonds. The first-order valence-corrected chi connectivity index (χ1v) is 15.1. The molecule has 1 atom stereocenters. The lowest BCUT2D eigenvalue weighted by Crippen LogP contribution is -2.09. The van der Waals surface area contributed by atoms with Crippen LogP contribution in [0.2, 0.25) is 0 Å². The minimum atomic E-state index is -3.92. The first-order chi connectivity index (χ1) is 16.4. The summed E-state index contributed by atoms with van der Waals surface area (Å²) in [6, 6.07) is 43.0. The highest BCUT2D eigenvalue weighted by Crippen LogP contribution is 2.41. The largest absolute Gasteiger partial charge is 0.748 e. The van der Waals surface area contributed by atoms with Gasteiger partial charge in [0.1, 0.15) is 5.66 Å². The van der Waals surface area contributed by atoms with Crippen LogP contribution >= 0.6 is 16.5 Å². The van der Waals surface area contributed by atoms with Crippen LogP contribution in [-0.2, 0) is 10.1 Å². The molecule has 0 aliphatic heterocycles. The summed E-state index contributed by atoms with van der Waals surface area (Å²) >= 11 is 0. The molecule has 0 heterocycles. The van der Waals surface area contributed by atoms with Gasteiger partial charge < -0.3 is 4.55 Å². The van der Waals surface area contributed by atoms with E-state index >= 15 is 0 Å². The zero-order valence-corrected chi connectivity index (χ0v) is 21.6. The number of benzene rings is 4. The molecule has 0 radical (unpaired) electrons. The first kappa shape index (κ1) is 25.8. The van der Waals surface area contributed by atoms with Crippen molar-refractivity contribution in [2.45, 2.75) is 5.66 Å². The lowest BCUT2D eigenvalue weighted by atomic mass is 10.0. The molecule has 0 saturated heterocycles. The van der Waals surface area contributed by atoms with Crippen molar-refractivity contribution in [1.82, 2.24) is 0 Å². The van der Waals surface area contributed by atoms with Crippen molar-refractivity contribution in [3.8, 4) is 11.3 Å². The van der Waals surface area contributed by atoms with Crippen molar-refractivity contribution in [2.24, 2.45) is 0 Å². The van der Waals surface area contributed by atoms with E-state index < -0.39 is 18.0 Å². The minimum absolute atomic E-state index is 0.0764. The van der Waals surface area contributed by atoms with Gasteiger partial charge in [-0.1, -0.05) is 121 Å². The zero-order valence-electron chi connectivity index (χ0n) is 18.8. The number of hydrogen-bond donors (Lipinski definition) is 0. The standard InChI is InChI=1S/C27H22P2.CH4O3S/c1-5-13-23(14-6-1)27(24-15-7-2-8-16-24)28-21-22-29(25-17-9-3-10-18-25)26-19-11-4-12-20-26;1-5(2,3)4/h1-20,27-28H;1H3,(H,2,3,4). The van der Waals surface area contributed by atoms with Crippen LogP contribution in [0.3, 0.4) is 0 Å². The van der Waals surface area contributed by atoms with E-state index in [0.29, 0.717) is 11.9 Å². The van der Waals surface area contributed by atoms with Crippen LogP contribution in [0, 0.1) is 11.3 Å². The monoisotopic (exact) mass is 504 g/mol. The fourth-order valence-electron chi connectivity index (χ4n) is 3.32. The van der Waals surface area contributed by atoms with Gasteiger partial charge >= 0.3 is 0 Å². The zero-order chi connectivity index (χ0) is 24.2. The van der Waals surface area contributed by atoms with Crippen LogP contribution in [0.5, 0.6) is 0 Å². The van der Waals surface area contributed by atoms with Gasteiger partial charge in [-0.25, -0.2) is 8.42 Å². The highest BCUT2D eigenvalue weighted by Gasteiger charge is 2.19. The van der Waals surface area contributed by atoms with Gasteiger partial charge in [0.25, 0.3) is 0 Å².